The number of rotatable bonds is 4. The molecule has 0 aromatic carbocycles. The van der Waals surface area contributed by atoms with Crippen LogP contribution in [0.3, 0.4) is 0 Å². The Labute approximate surface area is 67.4 Å². The highest BCUT2D eigenvalue weighted by Crippen LogP contribution is 1.96. The lowest BCUT2D eigenvalue weighted by Crippen LogP contribution is -2.31. The summed E-state index contributed by atoms with van der Waals surface area (Å²) in [7, 11) is 2.38. The van der Waals surface area contributed by atoms with Gasteiger partial charge in [0.25, 0.3) is 0 Å². The molecule has 0 rings (SSSR count). The van der Waals surface area contributed by atoms with Crippen LogP contribution >= 0.6 is 9.24 Å². The second-order valence-corrected chi connectivity index (χ2v) is 2.75. The Balaban J connectivity index is 3.59. The molecule has 0 aliphatic carbocycles. The average Bonchev–Trinajstić information content (AvgIpc) is 2.00. The average molecular weight is 174 g/mol. The van der Waals surface area contributed by atoms with Crippen LogP contribution in [0.4, 0.5) is 0 Å². The first-order valence-electron chi connectivity index (χ1n) is 3.26. The summed E-state index contributed by atoms with van der Waals surface area (Å²) in [6.07, 6.45) is 0.446. The number of nitrogens with zero attached hydrogens (tertiary/aromatic N) is 3. The summed E-state index contributed by atoms with van der Waals surface area (Å²) in [5.41, 5.74) is 7.94. The number of hydrogen-bond donors (Lipinski definition) is 1. The molecule has 0 aromatic rings. The first kappa shape index (κ1) is 10.2. The maximum atomic E-state index is 10.7. The second kappa shape index (κ2) is 5.96. The number of carbonyl (C=O) groups excluding carboxylic acids is 1. The number of nitrogens with one attached hydrogen (secondary N) is 1. The molecule has 0 bridgehead atoms. The van der Waals surface area contributed by atoms with Gasteiger partial charge in [-0.2, -0.15) is 0 Å². The molecule has 0 spiro atoms. The molecule has 0 aliphatic rings. The zero-order valence-corrected chi connectivity index (χ0v) is 7.47. The third-order valence-corrected chi connectivity index (χ3v) is 1.39. The number of amides is 1. The predicted octanol–water partition coefficient (Wildman–Crippen LogP) is 1.02. The van der Waals surface area contributed by atoms with E-state index in [9.17, 15) is 4.79 Å². The van der Waals surface area contributed by atoms with Gasteiger partial charge < -0.3 is 5.32 Å². The smallest absolute Gasteiger partial charge is 0.220 e. The van der Waals surface area contributed by atoms with Crippen LogP contribution in [0.1, 0.15) is 13.3 Å². The van der Waals surface area contributed by atoms with Crippen LogP contribution in [0.5, 0.6) is 0 Å². The van der Waals surface area contributed by atoms with Gasteiger partial charge in [-0.25, -0.2) is 0 Å². The predicted molar refractivity (Wildman–Crippen MR) is 45.9 cm³/mol. The summed E-state index contributed by atoms with van der Waals surface area (Å²) >= 11 is 0. The topological polar surface area (TPSA) is 77.9 Å². The third-order valence-electron chi connectivity index (χ3n) is 1.01. The lowest BCUT2D eigenvalue weighted by Gasteiger charge is -2.08. The highest BCUT2D eigenvalue weighted by atomic mass is 31.0. The molecule has 0 heterocycles. The third kappa shape index (κ3) is 5.64. The molecule has 2 unspecified atom stereocenters. The molecule has 1 amide bonds. The molecule has 62 valence electrons. The monoisotopic (exact) mass is 174 g/mol. The Kier molecular flexibility index (Phi) is 5.53. The quantitative estimate of drug-likeness (QED) is 0.293. The fraction of sp³-hybridized carbons (Fsp3) is 0.800. The van der Waals surface area contributed by atoms with E-state index < -0.39 is 0 Å². The summed E-state index contributed by atoms with van der Waals surface area (Å²) in [5, 5.41) is 5.93. The molecule has 0 saturated heterocycles. The van der Waals surface area contributed by atoms with Gasteiger partial charge in [0, 0.05) is 23.7 Å². The van der Waals surface area contributed by atoms with Gasteiger partial charge in [0.15, 0.2) is 0 Å². The minimum absolute atomic E-state index is 0.0434. The van der Waals surface area contributed by atoms with Crippen LogP contribution in [-0.4, -0.2) is 18.2 Å². The van der Waals surface area contributed by atoms with Gasteiger partial charge in [0.2, 0.25) is 5.91 Å². The maximum Gasteiger partial charge on any atom is 0.220 e. The Hall–Kier alpha value is -0.790. The molecule has 0 fully saturated rings. The van der Waals surface area contributed by atoms with Gasteiger partial charge in [-0.05, 0) is 5.53 Å². The van der Waals surface area contributed by atoms with Gasteiger partial charge in [0.1, 0.15) is 0 Å². The Bertz CT molecular complexity index is 177. The molecule has 2 atom stereocenters. The summed E-state index contributed by atoms with van der Waals surface area (Å²) in [6, 6.07) is 0. The van der Waals surface area contributed by atoms with E-state index >= 15 is 0 Å². The van der Waals surface area contributed by atoms with Gasteiger partial charge in [-0.3, -0.25) is 4.79 Å². The van der Waals surface area contributed by atoms with E-state index in [1.165, 1.54) is 0 Å². The van der Waals surface area contributed by atoms with Crippen LogP contribution in [-0.2, 0) is 4.79 Å². The number of azide groups is 1. The van der Waals surface area contributed by atoms with Gasteiger partial charge in [-0.15, -0.1) is 9.24 Å². The van der Waals surface area contributed by atoms with Crippen molar-refractivity contribution in [2.75, 3.05) is 6.54 Å². The van der Waals surface area contributed by atoms with Gasteiger partial charge >= 0.3 is 0 Å². The van der Waals surface area contributed by atoms with E-state index in [2.05, 4.69) is 24.6 Å². The zero-order chi connectivity index (χ0) is 8.69. The second-order valence-electron chi connectivity index (χ2n) is 1.94. The van der Waals surface area contributed by atoms with Crippen molar-refractivity contribution >= 4 is 15.1 Å². The van der Waals surface area contributed by atoms with Crippen LogP contribution < -0.4 is 5.32 Å². The van der Waals surface area contributed by atoms with Crippen LogP contribution in [0.2, 0.25) is 0 Å². The van der Waals surface area contributed by atoms with E-state index in [1.807, 2.05) is 0 Å². The van der Waals surface area contributed by atoms with Crippen LogP contribution in [0.25, 0.3) is 10.4 Å². The lowest BCUT2D eigenvalue weighted by molar-refractivity contribution is -0.120. The van der Waals surface area contributed by atoms with Crippen molar-refractivity contribution in [2.24, 2.45) is 5.11 Å². The van der Waals surface area contributed by atoms with Crippen molar-refractivity contribution in [3.63, 3.8) is 0 Å². The van der Waals surface area contributed by atoms with Crippen molar-refractivity contribution in [1.82, 2.24) is 5.32 Å². The van der Waals surface area contributed by atoms with Crippen molar-refractivity contribution in [3.8, 4) is 0 Å². The first-order valence-corrected chi connectivity index (χ1v) is 3.93. The molecule has 0 aliphatic heterocycles. The summed E-state index contributed by atoms with van der Waals surface area (Å²) in [6.45, 7) is 2.03. The van der Waals surface area contributed by atoms with E-state index in [1.54, 1.807) is 6.92 Å². The summed E-state index contributed by atoms with van der Waals surface area (Å²) < 4.78 is 0. The van der Waals surface area contributed by atoms with Crippen molar-refractivity contribution < 1.29 is 4.79 Å². The van der Waals surface area contributed by atoms with Gasteiger partial charge in [-0.1, -0.05) is 12.0 Å². The SMILES string of the molecule is CCC(=O)NC(P)CN=[N+]=[N-]. The summed E-state index contributed by atoms with van der Waals surface area (Å²) in [5.74, 6) is -0.198. The molecule has 11 heavy (non-hydrogen) atoms. The molecule has 5 nitrogen and oxygen atoms in total. The highest BCUT2D eigenvalue weighted by Gasteiger charge is 2.02. The maximum absolute atomic E-state index is 10.7. The van der Waals surface area contributed by atoms with E-state index in [0.29, 0.717) is 6.42 Å². The molecular weight excluding hydrogens is 163 g/mol. The Morgan fingerprint density at radius 3 is 3.00 bits per heavy atom. The molecule has 0 saturated carbocycles. The van der Waals surface area contributed by atoms with Crippen molar-refractivity contribution in [3.05, 3.63) is 10.4 Å². The largest absolute Gasteiger partial charge is 0.350 e. The van der Waals surface area contributed by atoms with Crippen molar-refractivity contribution in [1.29, 1.82) is 0 Å². The molecule has 1 N–H and O–H groups in total. The number of carbonyl (C=O) groups is 1. The molecule has 0 aromatic heterocycles. The fourth-order valence-corrected chi connectivity index (χ4v) is 0.759. The normalized spacial score (nSPS) is 11.5. The lowest BCUT2D eigenvalue weighted by atomic mass is 10.4. The molecule has 0 radical (unpaired) electrons. The minimum Gasteiger partial charge on any atom is -0.350 e. The number of hydrogen-bond acceptors (Lipinski definition) is 2. The summed E-state index contributed by atoms with van der Waals surface area (Å²) in [4.78, 5) is 13.3. The minimum atomic E-state index is -0.154. The van der Waals surface area contributed by atoms with E-state index in [4.69, 9.17) is 5.53 Å². The highest BCUT2D eigenvalue weighted by molar-refractivity contribution is 7.17. The fourth-order valence-electron chi connectivity index (χ4n) is 0.479. The Morgan fingerprint density at radius 1 is 1.91 bits per heavy atom. The van der Waals surface area contributed by atoms with Gasteiger partial charge in [0.05, 0.1) is 0 Å². The standard InChI is InChI=1S/C5H11N4OP/c1-2-4(10)8-5(11)3-7-9-6/h5H,2-3,11H2,1H3,(H,8,10). The first-order chi connectivity index (χ1) is 5.20. The van der Waals surface area contributed by atoms with Crippen LogP contribution in [0, 0.1) is 0 Å². The molecule has 6 heteroatoms. The van der Waals surface area contributed by atoms with E-state index in [0.717, 1.165) is 0 Å². The Morgan fingerprint density at radius 2 is 2.55 bits per heavy atom. The van der Waals surface area contributed by atoms with E-state index in [-0.39, 0.29) is 18.2 Å². The van der Waals surface area contributed by atoms with Crippen LogP contribution in [0.15, 0.2) is 5.11 Å². The zero-order valence-electron chi connectivity index (χ0n) is 6.32. The van der Waals surface area contributed by atoms with Crippen molar-refractivity contribution in [2.45, 2.75) is 19.1 Å². The molecular formula is C5H11N4OP.